The van der Waals surface area contributed by atoms with E-state index in [1.807, 2.05) is 26.0 Å². The highest BCUT2D eigenvalue weighted by atomic mass is 32.1. The van der Waals surface area contributed by atoms with Gasteiger partial charge in [0.25, 0.3) is 0 Å². The monoisotopic (exact) mass is 432 g/mol. The predicted octanol–water partition coefficient (Wildman–Crippen LogP) is 8.09. The maximum atomic E-state index is 15.4. The SMILES string of the molecule is CCCCCOc1c(C)cc2c(sc3c(F)c(OCC4CCCC4)c(C)cc32)c1F. The molecule has 0 radical (unpaired) electrons. The first-order valence-electron chi connectivity index (χ1n) is 11.1. The van der Waals surface area contributed by atoms with Crippen molar-refractivity contribution in [2.45, 2.75) is 65.7 Å². The summed E-state index contributed by atoms with van der Waals surface area (Å²) in [6.45, 7) is 6.89. The van der Waals surface area contributed by atoms with Crippen LogP contribution in [0.1, 0.15) is 63.0 Å². The molecule has 1 aromatic heterocycles. The molecule has 0 amide bonds. The van der Waals surface area contributed by atoms with Crippen LogP contribution in [0.4, 0.5) is 8.78 Å². The maximum Gasteiger partial charge on any atom is 0.183 e. The molecule has 0 spiro atoms. The van der Waals surface area contributed by atoms with E-state index in [2.05, 4.69) is 6.92 Å². The molecule has 1 aliphatic carbocycles. The number of unbranched alkanes of at least 4 members (excludes halogenated alkanes) is 2. The van der Waals surface area contributed by atoms with Crippen LogP contribution in [0.2, 0.25) is 0 Å². The summed E-state index contributed by atoms with van der Waals surface area (Å²) >= 11 is 1.15. The molecular weight excluding hydrogens is 402 g/mol. The Balaban J connectivity index is 1.70. The van der Waals surface area contributed by atoms with Crippen molar-refractivity contribution in [3.05, 3.63) is 34.9 Å². The lowest BCUT2D eigenvalue weighted by Crippen LogP contribution is -2.09. The second kappa shape index (κ2) is 9.09. The summed E-state index contributed by atoms with van der Waals surface area (Å²) in [7, 11) is 0. The van der Waals surface area contributed by atoms with Crippen molar-refractivity contribution in [3.63, 3.8) is 0 Å². The highest BCUT2D eigenvalue weighted by Gasteiger charge is 2.23. The lowest BCUT2D eigenvalue weighted by atomic mass is 10.1. The van der Waals surface area contributed by atoms with Gasteiger partial charge < -0.3 is 9.47 Å². The molecule has 1 fully saturated rings. The second-order valence-electron chi connectivity index (χ2n) is 8.55. The van der Waals surface area contributed by atoms with Gasteiger partial charge in [0, 0.05) is 10.8 Å². The van der Waals surface area contributed by atoms with E-state index in [4.69, 9.17) is 9.47 Å². The minimum absolute atomic E-state index is 0.292. The highest BCUT2D eigenvalue weighted by Crippen LogP contribution is 2.44. The van der Waals surface area contributed by atoms with Crippen LogP contribution in [0.3, 0.4) is 0 Å². The van der Waals surface area contributed by atoms with Crippen LogP contribution in [0.15, 0.2) is 12.1 Å². The molecule has 2 aromatic carbocycles. The van der Waals surface area contributed by atoms with Gasteiger partial charge in [-0.25, -0.2) is 8.78 Å². The molecule has 0 aliphatic heterocycles. The summed E-state index contributed by atoms with van der Waals surface area (Å²) in [5.74, 6) is 0.364. The van der Waals surface area contributed by atoms with Gasteiger partial charge in [-0.05, 0) is 62.3 Å². The standard InChI is InChI=1S/C25H30F2O2S/c1-4-5-8-11-28-22-15(2)12-18-19-13-16(3)23(29-14-17-9-6-7-10-17)21(27)25(19)30-24(18)20(22)26/h12-13,17H,4-11,14H2,1-3H3. The Morgan fingerprint density at radius 1 is 0.900 bits per heavy atom. The van der Waals surface area contributed by atoms with Crippen LogP contribution in [-0.2, 0) is 0 Å². The fourth-order valence-corrected chi connectivity index (χ4v) is 5.57. The van der Waals surface area contributed by atoms with Crippen molar-refractivity contribution in [1.82, 2.24) is 0 Å². The summed E-state index contributed by atoms with van der Waals surface area (Å²) < 4.78 is 43.3. The Morgan fingerprint density at radius 3 is 2.03 bits per heavy atom. The van der Waals surface area contributed by atoms with Gasteiger partial charge in [-0.1, -0.05) is 32.6 Å². The lowest BCUT2D eigenvalue weighted by Gasteiger charge is -2.14. The van der Waals surface area contributed by atoms with Crippen molar-refractivity contribution < 1.29 is 18.3 Å². The minimum Gasteiger partial charge on any atom is -0.490 e. The summed E-state index contributed by atoms with van der Waals surface area (Å²) in [5.41, 5.74) is 1.51. The number of thiophene rings is 1. The van der Waals surface area contributed by atoms with Crippen molar-refractivity contribution in [2.75, 3.05) is 13.2 Å². The molecule has 0 N–H and O–H groups in total. The average Bonchev–Trinajstić information content (AvgIpc) is 3.36. The van der Waals surface area contributed by atoms with Crippen LogP contribution < -0.4 is 9.47 Å². The number of hydrogen-bond acceptors (Lipinski definition) is 3. The summed E-state index contributed by atoms with van der Waals surface area (Å²) in [6, 6.07) is 3.85. The van der Waals surface area contributed by atoms with Crippen molar-refractivity contribution in [1.29, 1.82) is 0 Å². The molecule has 0 atom stereocenters. The van der Waals surface area contributed by atoms with E-state index >= 15 is 8.78 Å². The van der Waals surface area contributed by atoms with Gasteiger partial charge >= 0.3 is 0 Å². The molecule has 5 heteroatoms. The van der Waals surface area contributed by atoms with Crippen LogP contribution in [0, 0.1) is 31.4 Å². The third-order valence-electron chi connectivity index (χ3n) is 6.15. The number of benzene rings is 2. The van der Waals surface area contributed by atoms with E-state index < -0.39 is 0 Å². The first-order valence-corrected chi connectivity index (χ1v) is 11.9. The van der Waals surface area contributed by atoms with Crippen LogP contribution >= 0.6 is 11.3 Å². The Kier molecular flexibility index (Phi) is 6.47. The number of rotatable bonds is 8. The van der Waals surface area contributed by atoms with Gasteiger partial charge in [0.15, 0.2) is 23.1 Å². The van der Waals surface area contributed by atoms with Gasteiger partial charge in [-0.3, -0.25) is 0 Å². The average molecular weight is 433 g/mol. The Labute approximate surface area is 181 Å². The molecule has 0 saturated heterocycles. The van der Waals surface area contributed by atoms with Crippen LogP contribution in [-0.4, -0.2) is 13.2 Å². The van der Waals surface area contributed by atoms with Crippen molar-refractivity contribution in [2.24, 2.45) is 5.92 Å². The third kappa shape index (κ3) is 4.01. The summed E-state index contributed by atoms with van der Waals surface area (Å²) in [6.07, 6.45) is 7.80. The first-order chi connectivity index (χ1) is 14.5. The van der Waals surface area contributed by atoms with Crippen LogP contribution in [0.5, 0.6) is 11.5 Å². The van der Waals surface area contributed by atoms with E-state index in [1.165, 1.54) is 12.8 Å². The van der Waals surface area contributed by atoms with E-state index in [0.717, 1.165) is 65.3 Å². The van der Waals surface area contributed by atoms with Gasteiger partial charge in [-0.15, -0.1) is 11.3 Å². The molecule has 1 saturated carbocycles. The molecule has 0 bridgehead atoms. The second-order valence-corrected chi connectivity index (χ2v) is 9.57. The lowest BCUT2D eigenvalue weighted by molar-refractivity contribution is 0.241. The van der Waals surface area contributed by atoms with Crippen molar-refractivity contribution >= 4 is 31.5 Å². The molecule has 162 valence electrons. The van der Waals surface area contributed by atoms with E-state index in [-0.39, 0.29) is 11.6 Å². The number of hydrogen-bond donors (Lipinski definition) is 0. The molecule has 1 heterocycles. The molecular formula is C25H30F2O2S. The highest BCUT2D eigenvalue weighted by molar-refractivity contribution is 7.26. The Bertz CT molecular complexity index is 1050. The van der Waals surface area contributed by atoms with Crippen molar-refractivity contribution in [3.8, 4) is 11.5 Å². The van der Waals surface area contributed by atoms with E-state index in [1.54, 1.807) is 0 Å². The third-order valence-corrected chi connectivity index (χ3v) is 7.36. The normalized spacial score (nSPS) is 14.8. The molecule has 2 nitrogen and oxygen atoms in total. The zero-order chi connectivity index (χ0) is 21.3. The fourth-order valence-electron chi connectivity index (χ4n) is 4.44. The summed E-state index contributed by atoms with van der Waals surface area (Å²) in [4.78, 5) is 0. The molecule has 3 aromatic rings. The fraction of sp³-hybridized carbons (Fsp3) is 0.520. The van der Waals surface area contributed by atoms with Gasteiger partial charge in [0.1, 0.15) is 0 Å². The first kappa shape index (κ1) is 21.4. The number of fused-ring (bicyclic) bond motifs is 3. The maximum absolute atomic E-state index is 15.4. The minimum atomic E-state index is -0.381. The molecule has 4 rings (SSSR count). The van der Waals surface area contributed by atoms with Gasteiger partial charge in [0.05, 0.1) is 22.6 Å². The smallest absolute Gasteiger partial charge is 0.183 e. The number of halogens is 2. The number of ether oxygens (including phenoxy) is 2. The molecule has 1 aliphatic rings. The largest absolute Gasteiger partial charge is 0.490 e. The zero-order valence-corrected chi connectivity index (χ0v) is 18.9. The zero-order valence-electron chi connectivity index (χ0n) is 18.1. The predicted molar refractivity (Wildman–Crippen MR) is 121 cm³/mol. The molecule has 0 unspecified atom stereocenters. The summed E-state index contributed by atoms with van der Waals surface area (Å²) in [5, 5.41) is 1.49. The Hall–Kier alpha value is -1.88. The van der Waals surface area contributed by atoms with E-state index in [0.29, 0.717) is 40.0 Å². The van der Waals surface area contributed by atoms with Gasteiger partial charge in [-0.2, -0.15) is 0 Å². The Morgan fingerprint density at radius 2 is 1.47 bits per heavy atom. The van der Waals surface area contributed by atoms with Crippen LogP contribution in [0.25, 0.3) is 20.2 Å². The molecule has 30 heavy (non-hydrogen) atoms. The number of aryl methyl sites for hydroxylation is 2. The topological polar surface area (TPSA) is 18.5 Å². The quantitative estimate of drug-likeness (QED) is 0.335. The van der Waals surface area contributed by atoms with Gasteiger partial charge in [0.2, 0.25) is 0 Å². The van der Waals surface area contributed by atoms with E-state index in [9.17, 15) is 0 Å².